The Labute approximate surface area is 86.4 Å². The van der Waals surface area contributed by atoms with Crippen molar-refractivity contribution in [2.45, 2.75) is 9.92 Å². The standard InChI is InChI=1S/C10H9N3S/c11-8-3-4-10(13-6-8)14-9-2-1-5-12-7-9/h1-7H,11H2. The maximum atomic E-state index is 5.54. The molecule has 2 aromatic rings. The zero-order valence-corrected chi connectivity index (χ0v) is 8.24. The predicted octanol–water partition coefficient (Wildman–Crippen LogP) is 2.21. The van der Waals surface area contributed by atoms with E-state index >= 15 is 0 Å². The van der Waals surface area contributed by atoms with Crippen LogP contribution in [0.4, 0.5) is 5.69 Å². The molecular formula is C10H9N3S. The van der Waals surface area contributed by atoms with Gasteiger partial charge < -0.3 is 5.73 Å². The van der Waals surface area contributed by atoms with Gasteiger partial charge in [0.1, 0.15) is 5.03 Å². The number of hydrogen-bond donors (Lipinski definition) is 1. The third-order valence-electron chi connectivity index (χ3n) is 1.62. The molecule has 70 valence electrons. The number of rotatable bonds is 2. The van der Waals surface area contributed by atoms with E-state index in [-0.39, 0.29) is 0 Å². The van der Waals surface area contributed by atoms with Crippen LogP contribution < -0.4 is 5.73 Å². The van der Waals surface area contributed by atoms with Crippen LogP contribution in [-0.2, 0) is 0 Å². The molecule has 0 bridgehead atoms. The molecule has 4 heteroatoms. The molecule has 0 aliphatic rings. The Kier molecular flexibility index (Phi) is 2.65. The minimum Gasteiger partial charge on any atom is -0.397 e. The monoisotopic (exact) mass is 203 g/mol. The summed E-state index contributed by atoms with van der Waals surface area (Å²) in [6.07, 6.45) is 5.21. The average Bonchev–Trinajstić information content (AvgIpc) is 2.23. The van der Waals surface area contributed by atoms with Crippen molar-refractivity contribution >= 4 is 17.4 Å². The molecule has 0 radical (unpaired) electrons. The van der Waals surface area contributed by atoms with E-state index in [1.165, 1.54) is 0 Å². The first-order valence-corrected chi connectivity index (χ1v) is 4.95. The van der Waals surface area contributed by atoms with Gasteiger partial charge in [-0.2, -0.15) is 0 Å². The van der Waals surface area contributed by atoms with E-state index in [9.17, 15) is 0 Å². The van der Waals surface area contributed by atoms with Crippen molar-refractivity contribution in [2.24, 2.45) is 0 Å². The van der Waals surface area contributed by atoms with E-state index < -0.39 is 0 Å². The largest absolute Gasteiger partial charge is 0.397 e. The van der Waals surface area contributed by atoms with Gasteiger partial charge in [-0.25, -0.2) is 4.98 Å². The molecule has 2 N–H and O–H groups in total. The highest BCUT2D eigenvalue weighted by Gasteiger charge is 1.97. The van der Waals surface area contributed by atoms with E-state index in [0.717, 1.165) is 9.92 Å². The summed E-state index contributed by atoms with van der Waals surface area (Å²) in [4.78, 5) is 9.28. The molecule has 0 atom stereocenters. The highest BCUT2D eigenvalue weighted by atomic mass is 32.2. The zero-order valence-electron chi connectivity index (χ0n) is 7.42. The summed E-state index contributed by atoms with van der Waals surface area (Å²) in [5, 5.41) is 0.923. The molecule has 0 spiro atoms. The number of anilines is 1. The molecule has 0 aliphatic heterocycles. The summed E-state index contributed by atoms with van der Waals surface area (Å²) in [6.45, 7) is 0. The average molecular weight is 203 g/mol. The molecule has 0 aromatic carbocycles. The van der Waals surface area contributed by atoms with E-state index in [1.54, 1.807) is 24.2 Å². The zero-order chi connectivity index (χ0) is 9.80. The normalized spacial score (nSPS) is 10.0. The lowest BCUT2D eigenvalue weighted by Crippen LogP contribution is -1.86. The quantitative estimate of drug-likeness (QED) is 0.813. The molecule has 0 fully saturated rings. The summed E-state index contributed by atoms with van der Waals surface area (Å²) in [7, 11) is 0. The van der Waals surface area contributed by atoms with Crippen LogP contribution in [-0.4, -0.2) is 9.97 Å². The van der Waals surface area contributed by atoms with E-state index in [0.29, 0.717) is 5.69 Å². The van der Waals surface area contributed by atoms with E-state index in [4.69, 9.17) is 5.73 Å². The Bertz CT molecular complexity index is 399. The van der Waals surface area contributed by atoms with Crippen LogP contribution in [0.15, 0.2) is 52.8 Å². The molecule has 2 aromatic heterocycles. The van der Waals surface area contributed by atoms with Gasteiger partial charge in [-0.1, -0.05) is 11.8 Å². The van der Waals surface area contributed by atoms with Crippen molar-refractivity contribution in [2.75, 3.05) is 5.73 Å². The smallest absolute Gasteiger partial charge is 0.101 e. The van der Waals surface area contributed by atoms with Gasteiger partial charge in [-0.3, -0.25) is 4.98 Å². The van der Waals surface area contributed by atoms with Gasteiger partial charge in [-0.05, 0) is 24.3 Å². The minimum absolute atomic E-state index is 0.681. The molecule has 0 aliphatic carbocycles. The van der Waals surface area contributed by atoms with Crippen molar-refractivity contribution in [1.82, 2.24) is 9.97 Å². The van der Waals surface area contributed by atoms with Crippen molar-refractivity contribution < 1.29 is 0 Å². The first-order valence-electron chi connectivity index (χ1n) is 4.14. The second-order valence-corrected chi connectivity index (χ2v) is 3.81. The number of nitrogens with zero attached hydrogens (tertiary/aromatic N) is 2. The Balaban J connectivity index is 2.16. The summed E-state index contributed by atoms with van der Waals surface area (Å²) in [5.74, 6) is 0. The maximum absolute atomic E-state index is 5.54. The van der Waals surface area contributed by atoms with Crippen molar-refractivity contribution in [1.29, 1.82) is 0 Å². The molecule has 0 amide bonds. The van der Waals surface area contributed by atoms with Crippen molar-refractivity contribution in [3.63, 3.8) is 0 Å². The lowest BCUT2D eigenvalue weighted by atomic mass is 10.4. The minimum atomic E-state index is 0.681. The number of hydrogen-bond acceptors (Lipinski definition) is 4. The Morgan fingerprint density at radius 2 is 2.07 bits per heavy atom. The Morgan fingerprint density at radius 1 is 1.14 bits per heavy atom. The highest BCUT2D eigenvalue weighted by molar-refractivity contribution is 7.99. The summed E-state index contributed by atoms with van der Waals surface area (Å²) < 4.78 is 0. The van der Waals surface area contributed by atoms with Crippen LogP contribution in [0, 0.1) is 0 Å². The summed E-state index contributed by atoms with van der Waals surface area (Å²) >= 11 is 1.57. The lowest BCUT2D eigenvalue weighted by Gasteiger charge is -1.99. The van der Waals surface area contributed by atoms with E-state index in [1.807, 2.05) is 30.5 Å². The first-order chi connectivity index (χ1) is 6.84. The third-order valence-corrected chi connectivity index (χ3v) is 2.54. The van der Waals surface area contributed by atoms with Crippen LogP contribution in [0.1, 0.15) is 0 Å². The molecule has 3 nitrogen and oxygen atoms in total. The van der Waals surface area contributed by atoms with Gasteiger partial charge >= 0.3 is 0 Å². The fourth-order valence-electron chi connectivity index (χ4n) is 0.980. The van der Waals surface area contributed by atoms with Gasteiger partial charge in [-0.15, -0.1) is 0 Å². The second-order valence-electron chi connectivity index (χ2n) is 2.72. The molecule has 14 heavy (non-hydrogen) atoms. The van der Waals surface area contributed by atoms with Gasteiger partial charge in [0.25, 0.3) is 0 Å². The number of aromatic nitrogens is 2. The van der Waals surface area contributed by atoms with Gasteiger partial charge in [0.2, 0.25) is 0 Å². The summed E-state index contributed by atoms with van der Waals surface area (Å²) in [5.41, 5.74) is 6.22. The SMILES string of the molecule is Nc1ccc(Sc2cccnc2)nc1. The van der Waals surface area contributed by atoms with Crippen LogP contribution in [0.2, 0.25) is 0 Å². The van der Waals surface area contributed by atoms with Crippen LogP contribution in [0.5, 0.6) is 0 Å². The lowest BCUT2D eigenvalue weighted by molar-refractivity contribution is 1.13. The second kappa shape index (κ2) is 4.11. The molecular weight excluding hydrogens is 194 g/mol. The molecule has 2 heterocycles. The Morgan fingerprint density at radius 3 is 2.71 bits per heavy atom. The third kappa shape index (κ3) is 2.23. The number of pyridine rings is 2. The topological polar surface area (TPSA) is 51.8 Å². The van der Waals surface area contributed by atoms with Crippen LogP contribution >= 0.6 is 11.8 Å². The van der Waals surface area contributed by atoms with Gasteiger partial charge in [0, 0.05) is 17.3 Å². The maximum Gasteiger partial charge on any atom is 0.101 e. The number of nitrogens with two attached hydrogens (primary N) is 1. The fraction of sp³-hybridized carbons (Fsp3) is 0. The van der Waals surface area contributed by atoms with Crippen molar-refractivity contribution in [3.05, 3.63) is 42.9 Å². The fourth-order valence-corrected chi connectivity index (χ4v) is 1.72. The number of nitrogen functional groups attached to an aromatic ring is 1. The van der Waals surface area contributed by atoms with E-state index in [2.05, 4.69) is 9.97 Å². The first kappa shape index (κ1) is 9.02. The molecule has 0 saturated carbocycles. The molecule has 0 saturated heterocycles. The van der Waals surface area contributed by atoms with Gasteiger partial charge in [0.15, 0.2) is 0 Å². The highest BCUT2D eigenvalue weighted by Crippen LogP contribution is 2.24. The summed E-state index contributed by atoms with van der Waals surface area (Å²) in [6, 6.07) is 7.63. The van der Waals surface area contributed by atoms with Crippen molar-refractivity contribution in [3.8, 4) is 0 Å². The van der Waals surface area contributed by atoms with Gasteiger partial charge in [0.05, 0.1) is 11.9 Å². The molecule has 2 rings (SSSR count). The van der Waals surface area contributed by atoms with Crippen LogP contribution in [0.25, 0.3) is 0 Å². The Hall–Kier alpha value is -1.55. The predicted molar refractivity (Wildman–Crippen MR) is 57.0 cm³/mol. The van der Waals surface area contributed by atoms with Crippen LogP contribution in [0.3, 0.4) is 0 Å². The molecule has 0 unspecified atom stereocenters.